The SMILES string of the molecule is Cc1cccc(Oc2nc3c(cc2C#N)CCCC3)c1C. The van der Waals surface area contributed by atoms with Crippen LogP contribution in [0.15, 0.2) is 24.3 Å². The molecule has 0 fully saturated rings. The van der Waals surface area contributed by atoms with E-state index in [9.17, 15) is 5.26 Å². The first-order valence-corrected chi connectivity index (χ1v) is 7.36. The third-order valence-electron chi connectivity index (χ3n) is 4.15. The average Bonchev–Trinajstić information content (AvgIpc) is 2.51. The number of benzene rings is 1. The summed E-state index contributed by atoms with van der Waals surface area (Å²) in [6, 6.07) is 10.1. The topological polar surface area (TPSA) is 45.9 Å². The van der Waals surface area contributed by atoms with Crippen molar-refractivity contribution in [2.45, 2.75) is 39.5 Å². The van der Waals surface area contributed by atoms with Crippen molar-refractivity contribution in [3.05, 3.63) is 52.2 Å². The highest BCUT2D eigenvalue weighted by Gasteiger charge is 2.17. The molecule has 21 heavy (non-hydrogen) atoms. The molecule has 0 bridgehead atoms. The monoisotopic (exact) mass is 278 g/mol. The molecule has 0 radical (unpaired) electrons. The van der Waals surface area contributed by atoms with Crippen molar-refractivity contribution in [1.29, 1.82) is 5.26 Å². The zero-order valence-corrected chi connectivity index (χ0v) is 12.4. The number of nitrogens with zero attached hydrogens (tertiary/aromatic N) is 2. The van der Waals surface area contributed by atoms with Gasteiger partial charge in [0.05, 0.1) is 0 Å². The zero-order valence-electron chi connectivity index (χ0n) is 12.4. The number of nitriles is 1. The molecule has 1 aromatic carbocycles. The minimum absolute atomic E-state index is 0.437. The summed E-state index contributed by atoms with van der Waals surface area (Å²) in [5.41, 5.74) is 5.06. The zero-order chi connectivity index (χ0) is 14.8. The number of aryl methyl sites for hydroxylation is 3. The van der Waals surface area contributed by atoms with Gasteiger partial charge in [0.15, 0.2) is 0 Å². The standard InChI is InChI=1S/C18H18N2O/c1-12-6-5-9-17(13(12)2)21-18-15(11-19)10-14-7-3-4-8-16(14)20-18/h5-6,9-10H,3-4,7-8H2,1-2H3. The Morgan fingerprint density at radius 2 is 2.00 bits per heavy atom. The van der Waals surface area contributed by atoms with E-state index in [2.05, 4.69) is 11.1 Å². The van der Waals surface area contributed by atoms with E-state index in [-0.39, 0.29) is 0 Å². The van der Waals surface area contributed by atoms with Crippen molar-refractivity contribution in [3.8, 4) is 17.7 Å². The maximum absolute atomic E-state index is 9.35. The molecule has 1 aromatic heterocycles. The lowest BCUT2D eigenvalue weighted by atomic mass is 9.95. The minimum atomic E-state index is 0.437. The van der Waals surface area contributed by atoms with E-state index in [4.69, 9.17) is 4.74 Å². The van der Waals surface area contributed by atoms with Crippen LogP contribution in [0.1, 0.15) is 40.8 Å². The maximum atomic E-state index is 9.35. The summed E-state index contributed by atoms with van der Waals surface area (Å²) in [4.78, 5) is 4.61. The molecule has 106 valence electrons. The van der Waals surface area contributed by atoms with Crippen LogP contribution in [0.5, 0.6) is 11.6 Å². The van der Waals surface area contributed by atoms with Crippen molar-refractivity contribution in [3.63, 3.8) is 0 Å². The average molecular weight is 278 g/mol. The number of aromatic nitrogens is 1. The Morgan fingerprint density at radius 3 is 2.81 bits per heavy atom. The fourth-order valence-electron chi connectivity index (χ4n) is 2.71. The Bertz CT molecular complexity index is 729. The minimum Gasteiger partial charge on any atom is -0.437 e. The summed E-state index contributed by atoms with van der Waals surface area (Å²) in [5, 5.41) is 9.35. The lowest BCUT2D eigenvalue weighted by Crippen LogP contribution is -2.07. The van der Waals surface area contributed by atoms with Gasteiger partial charge < -0.3 is 4.74 Å². The number of pyridine rings is 1. The highest BCUT2D eigenvalue weighted by atomic mass is 16.5. The second-order valence-electron chi connectivity index (χ2n) is 5.57. The van der Waals surface area contributed by atoms with Crippen LogP contribution in [0.25, 0.3) is 0 Å². The van der Waals surface area contributed by atoms with Crippen LogP contribution in [0.4, 0.5) is 0 Å². The molecule has 0 saturated carbocycles. The summed E-state index contributed by atoms with van der Waals surface area (Å²) in [6.45, 7) is 4.07. The fraction of sp³-hybridized carbons (Fsp3) is 0.333. The highest BCUT2D eigenvalue weighted by Crippen LogP contribution is 2.31. The van der Waals surface area contributed by atoms with Crippen LogP contribution in [0, 0.1) is 25.2 Å². The quantitative estimate of drug-likeness (QED) is 0.825. The van der Waals surface area contributed by atoms with Gasteiger partial charge in [0.1, 0.15) is 17.4 Å². The number of fused-ring (bicyclic) bond motifs is 1. The van der Waals surface area contributed by atoms with Gasteiger partial charge >= 0.3 is 0 Å². The second-order valence-corrected chi connectivity index (χ2v) is 5.57. The first kappa shape index (κ1) is 13.6. The Hall–Kier alpha value is -2.34. The number of hydrogen-bond donors (Lipinski definition) is 0. The largest absolute Gasteiger partial charge is 0.437 e. The summed E-state index contributed by atoms with van der Waals surface area (Å²) in [7, 11) is 0. The molecular formula is C18H18N2O. The molecule has 1 aliphatic carbocycles. The lowest BCUT2D eigenvalue weighted by molar-refractivity contribution is 0.452. The summed E-state index contributed by atoms with van der Waals surface area (Å²) < 4.78 is 5.94. The Balaban J connectivity index is 2.02. The van der Waals surface area contributed by atoms with E-state index in [1.54, 1.807) is 0 Å². The van der Waals surface area contributed by atoms with Gasteiger partial charge in [-0.1, -0.05) is 12.1 Å². The van der Waals surface area contributed by atoms with E-state index in [1.807, 2.05) is 38.1 Å². The summed E-state index contributed by atoms with van der Waals surface area (Å²) in [6.07, 6.45) is 4.33. The number of ether oxygens (including phenoxy) is 1. The van der Waals surface area contributed by atoms with Crippen LogP contribution in [0.2, 0.25) is 0 Å². The molecular weight excluding hydrogens is 260 g/mol. The summed E-state index contributed by atoms with van der Waals surface area (Å²) in [5.74, 6) is 1.21. The van der Waals surface area contributed by atoms with Crippen molar-refractivity contribution in [2.75, 3.05) is 0 Å². The van der Waals surface area contributed by atoms with Crippen LogP contribution in [-0.2, 0) is 12.8 Å². The third-order valence-corrected chi connectivity index (χ3v) is 4.15. The van der Waals surface area contributed by atoms with Crippen LogP contribution in [-0.4, -0.2) is 4.98 Å². The van der Waals surface area contributed by atoms with Gasteiger partial charge in [0, 0.05) is 5.69 Å². The highest BCUT2D eigenvalue weighted by molar-refractivity contribution is 5.47. The molecule has 0 saturated heterocycles. The molecule has 1 heterocycles. The molecule has 0 aliphatic heterocycles. The molecule has 0 amide bonds. The molecule has 0 atom stereocenters. The van der Waals surface area contributed by atoms with Gasteiger partial charge in [-0.25, -0.2) is 4.98 Å². The number of rotatable bonds is 2. The Labute approximate surface area is 125 Å². The molecule has 3 nitrogen and oxygen atoms in total. The predicted molar refractivity (Wildman–Crippen MR) is 81.6 cm³/mol. The van der Waals surface area contributed by atoms with E-state index in [1.165, 1.54) is 17.5 Å². The number of hydrogen-bond acceptors (Lipinski definition) is 3. The first-order valence-electron chi connectivity index (χ1n) is 7.36. The lowest BCUT2D eigenvalue weighted by Gasteiger charge is -2.17. The Kier molecular flexibility index (Phi) is 3.62. The normalized spacial score (nSPS) is 13.4. The van der Waals surface area contributed by atoms with Gasteiger partial charge in [-0.2, -0.15) is 5.26 Å². The molecule has 0 N–H and O–H groups in total. The molecule has 3 heteroatoms. The van der Waals surface area contributed by atoms with Gasteiger partial charge in [0.25, 0.3) is 0 Å². The summed E-state index contributed by atoms with van der Waals surface area (Å²) >= 11 is 0. The van der Waals surface area contributed by atoms with E-state index in [0.717, 1.165) is 36.3 Å². The van der Waals surface area contributed by atoms with Crippen molar-refractivity contribution >= 4 is 0 Å². The molecule has 3 rings (SSSR count). The van der Waals surface area contributed by atoms with Crippen LogP contribution in [0.3, 0.4) is 0 Å². The second kappa shape index (κ2) is 5.57. The van der Waals surface area contributed by atoms with Crippen LogP contribution >= 0.6 is 0 Å². The third kappa shape index (κ3) is 2.62. The molecule has 2 aromatic rings. The smallest absolute Gasteiger partial charge is 0.237 e. The predicted octanol–water partition coefficient (Wildman–Crippen LogP) is 4.24. The maximum Gasteiger partial charge on any atom is 0.237 e. The van der Waals surface area contributed by atoms with E-state index < -0.39 is 0 Å². The molecule has 0 unspecified atom stereocenters. The molecule has 0 spiro atoms. The van der Waals surface area contributed by atoms with Gasteiger partial charge in [0.2, 0.25) is 5.88 Å². The first-order chi connectivity index (χ1) is 10.2. The molecule has 1 aliphatic rings. The van der Waals surface area contributed by atoms with Crippen molar-refractivity contribution in [1.82, 2.24) is 4.98 Å². The van der Waals surface area contributed by atoms with Gasteiger partial charge in [-0.15, -0.1) is 0 Å². The van der Waals surface area contributed by atoms with Crippen LogP contribution < -0.4 is 4.74 Å². The van der Waals surface area contributed by atoms with Crippen molar-refractivity contribution < 1.29 is 4.74 Å². The Morgan fingerprint density at radius 1 is 1.19 bits per heavy atom. The van der Waals surface area contributed by atoms with E-state index >= 15 is 0 Å². The fourth-order valence-corrected chi connectivity index (χ4v) is 2.71. The van der Waals surface area contributed by atoms with Gasteiger partial charge in [-0.3, -0.25) is 0 Å². The van der Waals surface area contributed by atoms with Gasteiger partial charge in [-0.05, 0) is 68.4 Å². The van der Waals surface area contributed by atoms with Crippen molar-refractivity contribution in [2.24, 2.45) is 0 Å². The van der Waals surface area contributed by atoms with E-state index in [0.29, 0.717) is 11.4 Å².